The minimum Gasteiger partial charge on any atom is -0.269 e. The van der Waals surface area contributed by atoms with Crippen LogP contribution in [0.1, 0.15) is 19.8 Å². The molecule has 0 atom stereocenters. The van der Waals surface area contributed by atoms with Crippen LogP contribution >= 0.6 is 0 Å². The SMILES string of the molecule is CCCCOS(=O)(=O)C(F)(F)F.F. The van der Waals surface area contributed by atoms with Gasteiger partial charge in [0.25, 0.3) is 0 Å². The number of halogens is 4. The van der Waals surface area contributed by atoms with Crippen molar-refractivity contribution in [3.63, 3.8) is 0 Å². The third-order valence-electron chi connectivity index (χ3n) is 1.02. The van der Waals surface area contributed by atoms with Crippen LogP contribution in [-0.2, 0) is 14.3 Å². The molecule has 0 fully saturated rings. The zero-order chi connectivity index (χ0) is 9.83. The van der Waals surface area contributed by atoms with E-state index in [0.29, 0.717) is 6.42 Å². The van der Waals surface area contributed by atoms with Gasteiger partial charge in [0.05, 0.1) is 6.61 Å². The molecular weight excluding hydrogens is 216 g/mol. The van der Waals surface area contributed by atoms with Gasteiger partial charge in [-0.2, -0.15) is 21.6 Å². The maximum Gasteiger partial charge on any atom is 0.523 e. The topological polar surface area (TPSA) is 43.4 Å². The van der Waals surface area contributed by atoms with Crippen LogP contribution in [0.4, 0.5) is 17.9 Å². The lowest BCUT2D eigenvalue weighted by Gasteiger charge is -2.06. The molecule has 0 rings (SSSR count). The van der Waals surface area contributed by atoms with E-state index in [1.807, 2.05) is 0 Å². The molecule has 0 radical (unpaired) electrons. The summed E-state index contributed by atoms with van der Waals surface area (Å²) in [5.41, 5.74) is -5.30. The zero-order valence-electron chi connectivity index (χ0n) is 6.80. The van der Waals surface area contributed by atoms with E-state index in [-0.39, 0.29) is 11.1 Å². The van der Waals surface area contributed by atoms with Crippen LogP contribution in [0.3, 0.4) is 0 Å². The summed E-state index contributed by atoms with van der Waals surface area (Å²) in [5.74, 6) is 0. The molecule has 0 aliphatic rings. The average molecular weight is 226 g/mol. The Morgan fingerprint density at radius 3 is 2.08 bits per heavy atom. The van der Waals surface area contributed by atoms with Crippen molar-refractivity contribution in [2.45, 2.75) is 25.3 Å². The second kappa shape index (κ2) is 5.38. The summed E-state index contributed by atoms with van der Waals surface area (Å²) in [7, 11) is -5.37. The highest BCUT2D eigenvalue weighted by Gasteiger charge is 2.47. The highest BCUT2D eigenvalue weighted by Crippen LogP contribution is 2.24. The highest BCUT2D eigenvalue weighted by molar-refractivity contribution is 7.87. The summed E-state index contributed by atoms with van der Waals surface area (Å²) in [5, 5.41) is 0. The lowest BCUT2D eigenvalue weighted by molar-refractivity contribution is -0.0542. The second-order valence-electron chi connectivity index (χ2n) is 2.08. The van der Waals surface area contributed by atoms with Crippen LogP contribution in [0.5, 0.6) is 0 Å². The monoisotopic (exact) mass is 226 g/mol. The summed E-state index contributed by atoms with van der Waals surface area (Å²) in [6, 6.07) is 0. The van der Waals surface area contributed by atoms with Gasteiger partial charge >= 0.3 is 15.6 Å². The van der Waals surface area contributed by atoms with Gasteiger partial charge in [0.1, 0.15) is 0 Å². The number of alkyl halides is 3. The Morgan fingerprint density at radius 1 is 1.31 bits per heavy atom. The molecule has 0 aromatic carbocycles. The first-order valence-corrected chi connectivity index (χ1v) is 4.68. The van der Waals surface area contributed by atoms with E-state index in [2.05, 4.69) is 4.18 Å². The Kier molecular flexibility index (Phi) is 6.26. The van der Waals surface area contributed by atoms with Gasteiger partial charge in [-0.05, 0) is 6.42 Å². The molecule has 0 amide bonds. The van der Waals surface area contributed by atoms with Gasteiger partial charge in [0, 0.05) is 0 Å². The molecule has 0 aromatic rings. The van der Waals surface area contributed by atoms with Crippen molar-refractivity contribution >= 4 is 10.1 Å². The summed E-state index contributed by atoms with van der Waals surface area (Å²) in [6.07, 6.45) is 0.864. The summed E-state index contributed by atoms with van der Waals surface area (Å²) >= 11 is 0. The molecule has 0 aliphatic carbocycles. The summed E-state index contributed by atoms with van der Waals surface area (Å²) in [4.78, 5) is 0. The molecule has 82 valence electrons. The maximum absolute atomic E-state index is 11.5. The fourth-order valence-electron chi connectivity index (χ4n) is 0.380. The Hall–Kier alpha value is -0.370. The fraction of sp³-hybridized carbons (Fsp3) is 1.00. The van der Waals surface area contributed by atoms with Crippen LogP contribution in [-0.4, -0.2) is 20.5 Å². The van der Waals surface area contributed by atoms with E-state index < -0.39 is 22.2 Å². The van der Waals surface area contributed by atoms with Crippen molar-refractivity contribution < 1.29 is 30.5 Å². The van der Waals surface area contributed by atoms with Crippen LogP contribution in [0, 0.1) is 0 Å². The number of rotatable bonds is 4. The predicted molar refractivity (Wildman–Crippen MR) is 38.3 cm³/mol. The van der Waals surface area contributed by atoms with Gasteiger partial charge in [-0.1, -0.05) is 13.3 Å². The van der Waals surface area contributed by atoms with Crippen LogP contribution in [0.25, 0.3) is 0 Å². The minimum atomic E-state index is -5.37. The van der Waals surface area contributed by atoms with Gasteiger partial charge in [-0.15, -0.1) is 0 Å². The molecule has 0 bridgehead atoms. The first-order chi connectivity index (χ1) is 5.31. The summed E-state index contributed by atoms with van der Waals surface area (Å²) < 4.78 is 58.7. The second-order valence-corrected chi connectivity index (χ2v) is 3.68. The minimum absolute atomic E-state index is 0. The normalized spacial score (nSPS) is 12.3. The van der Waals surface area contributed by atoms with Crippen molar-refractivity contribution in [2.24, 2.45) is 0 Å². The maximum atomic E-state index is 11.5. The van der Waals surface area contributed by atoms with Gasteiger partial charge < -0.3 is 0 Å². The van der Waals surface area contributed by atoms with Gasteiger partial charge in [0.2, 0.25) is 0 Å². The third kappa shape index (κ3) is 5.04. The molecule has 0 aromatic heterocycles. The molecule has 3 nitrogen and oxygen atoms in total. The molecule has 0 saturated carbocycles. The van der Waals surface area contributed by atoms with E-state index in [4.69, 9.17) is 0 Å². The zero-order valence-corrected chi connectivity index (χ0v) is 7.61. The molecule has 8 heteroatoms. The van der Waals surface area contributed by atoms with E-state index >= 15 is 0 Å². The smallest absolute Gasteiger partial charge is 0.269 e. The molecule has 13 heavy (non-hydrogen) atoms. The first-order valence-electron chi connectivity index (χ1n) is 3.27. The molecule has 0 unspecified atom stereocenters. The molecule has 0 saturated heterocycles. The van der Waals surface area contributed by atoms with Gasteiger partial charge in [-0.3, -0.25) is 8.89 Å². The van der Waals surface area contributed by atoms with Gasteiger partial charge in [-0.25, -0.2) is 0 Å². The Bertz CT molecular complexity index is 220. The van der Waals surface area contributed by atoms with E-state index in [1.165, 1.54) is 0 Å². The first kappa shape index (κ1) is 15.1. The average Bonchev–Trinajstić information content (AvgIpc) is 1.85. The molecule has 0 spiro atoms. The van der Waals surface area contributed by atoms with Crippen molar-refractivity contribution in [3.05, 3.63) is 0 Å². The third-order valence-corrected chi connectivity index (χ3v) is 2.06. The summed E-state index contributed by atoms with van der Waals surface area (Å²) in [6.45, 7) is 1.29. The van der Waals surface area contributed by atoms with Crippen LogP contribution < -0.4 is 0 Å². The molecular formula is C5H10F4O3S. The largest absolute Gasteiger partial charge is 0.523 e. The Morgan fingerprint density at radius 2 is 1.77 bits per heavy atom. The Labute approximate surface area is 73.4 Å². The number of unbranched alkanes of at least 4 members (excludes halogenated alkanes) is 1. The predicted octanol–water partition coefficient (Wildman–Crippen LogP) is 1.81. The number of hydrogen-bond donors (Lipinski definition) is 0. The van der Waals surface area contributed by atoms with Crippen molar-refractivity contribution in [2.75, 3.05) is 6.61 Å². The fourth-order valence-corrected chi connectivity index (χ4v) is 0.851. The van der Waals surface area contributed by atoms with E-state index in [9.17, 15) is 21.6 Å². The van der Waals surface area contributed by atoms with Crippen LogP contribution in [0.2, 0.25) is 0 Å². The van der Waals surface area contributed by atoms with Crippen molar-refractivity contribution in [3.8, 4) is 0 Å². The Balaban J connectivity index is 0. The lowest BCUT2D eigenvalue weighted by Crippen LogP contribution is -2.25. The quantitative estimate of drug-likeness (QED) is 0.318. The standard InChI is InChI=1S/C5H9F3O3S.FH/c1-2-3-4-11-12(9,10)5(6,7)8;/h2-4H2,1H3;1H. The van der Waals surface area contributed by atoms with E-state index in [1.54, 1.807) is 6.92 Å². The van der Waals surface area contributed by atoms with Crippen LogP contribution in [0.15, 0.2) is 0 Å². The van der Waals surface area contributed by atoms with Crippen molar-refractivity contribution in [1.29, 1.82) is 0 Å². The van der Waals surface area contributed by atoms with Gasteiger partial charge in [0.15, 0.2) is 0 Å². The van der Waals surface area contributed by atoms with E-state index in [0.717, 1.165) is 0 Å². The highest BCUT2D eigenvalue weighted by atomic mass is 32.2. The number of hydrogen-bond acceptors (Lipinski definition) is 3. The van der Waals surface area contributed by atoms with Crippen molar-refractivity contribution in [1.82, 2.24) is 0 Å². The lowest BCUT2D eigenvalue weighted by atomic mass is 10.4. The molecule has 0 N–H and O–H groups in total. The molecule has 0 heterocycles. The molecule has 0 aliphatic heterocycles.